The van der Waals surface area contributed by atoms with E-state index in [2.05, 4.69) is 53.4 Å². The van der Waals surface area contributed by atoms with Crippen LogP contribution in [0.2, 0.25) is 0 Å². The Hall–Kier alpha value is -0.380. The van der Waals surface area contributed by atoms with Crippen molar-refractivity contribution >= 4 is 17.7 Å². The van der Waals surface area contributed by atoms with Gasteiger partial charge in [0.2, 0.25) is 5.91 Å². The Balaban J connectivity index is 1.33. The minimum Gasteiger partial charge on any atom is -0.392 e. The number of hydrogen-bond donors (Lipinski definition) is 4. The molecular weight excluding hydrogens is 448 g/mol. The third-order valence-electron chi connectivity index (χ3n) is 9.26. The predicted molar refractivity (Wildman–Crippen MR) is 139 cm³/mol. The van der Waals surface area contributed by atoms with Gasteiger partial charge in [0.1, 0.15) is 5.50 Å². The first-order valence-electron chi connectivity index (χ1n) is 13.7. The van der Waals surface area contributed by atoms with Crippen molar-refractivity contribution in [1.29, 1.82) is 0 Å². The lowest BCUT2D eigenvalue weighted by Gasteiger charge is -2.57. The maximum absolute atomic E-state index is 13.0. The molecular formula is C26H48N4O3S. The van der Waals surface area contributed by atoms with Crippen molar-refractivity contribution in [2.75, 3.05) is 45.9 Å². The van der Waals surface area contributed by atoms with Gasteiger partial charge >= 0.3 is 0 Å². The Morgan fingerprint density at radius 1 is 1.32 bits per heavy atom. The number of thioether (sulfide) groups is 1. The minimum absolute atomic E-state index is 0.0352. The van der Waals surface area contributed by atoms with Crippen molar-refractivity contribution < 1.29 is 14.6 Å². The molecule has 0 radical (unpaired) electrons. The molecule has 0 bridgehead atoms. The molecule has 8 heteroatoms. The summed E-state index contributed by atoms with van der Waals surface area (Å²) in [6.45, 7) is 15.0. The van der Waals surface area contributed by atoms with Gasteiger partial charge in [-0.25, -0.2) is 0 Å². The molecule has 2 heterocycles. The second-order valence-electron chi connectivity index (χ2n) is 11.5. The van der Waals surface area contributed by atoms with E-state index in [0.29, 0.717) is 29.3 Å². The van der Waals surface area contributed by atoms with Gasteiger partial charge in [-0.15, -0.1) is 11.8 Å². The van der Waals surface area contributed by atoms with Crippen molar-refractivity contribution in [3.8, 4) is 0 Å². The molecule has 4 rings (SSSR count). The Labute approximate surface area is 210 Å². The van der Waals surface area contributed by atoms with Crippen molar-refractivity contribution in [3.63, 3.8) is 0 Å². The number of unbranched alkanes of at least 4 members (excludes halogenated alkanes) is 1. The number of carbonyl (C=O) groups excluding carboxylic acids is 1. The van der Waals surface area contributed by atoms with Crippen LogP contribution in [-0.2, 0) is 9.53 Å². The van der Waals surface area contributed by atoms with E-state index in [1.54, 1.807) is 0 Å². The number of carbonyl (C=O) groups is 1. The number of rotatable bonds is 9. The fraction of sp³-hybridized carbons (Fsp3) is 0.962. The molecule has 0 aromatic carbocycles. The lowest BCUT2D eigenvalue weighted by molar-refractivity contribution is -0.141. The predicted octanol–water partition coefficient (Wildman–Crippen LogP) is 2.25. The number of nitrogens with zero attached hydrogens (tertiary/aromatic N) is 1. The summed E-state index contributed by atoms with van der Waals surface area (Å²) in [5.41, 5.74) is 0.465. The first-order valence-corrected chi connectivity index (χ1v) is 14.7. The molecule has 1 amide bonds. The monoisotopic (exact) mass is 496 g/mol. The topological polar surface area (TPSA) is 85.9 Å². The normalized spacial score (nSPS) is 41.5. The largest absolute Gasteiger partial charge is 0.392 e. The molecule has 4 N–H and O–H groups in total. The molecule has 2 aliphatic carbocycles. The van der Waals surface area contributed by atoms with E-state index in [-0.39, 0.29) is 29.1 Å². The highest BCUT2D eigenvalue weighted by molar-refractivity contribution is 8.00. The second-order valence-corrected chi connectivity index (χ2v) is 12.9. The maximum atomic E-state index is 13.0. The van der Waals surface area contributed by atoms with E-state index < -0.39 is 6.10 Å². The van der Waals surface area contributed by atoms with Gasteiger partial charge in [-0.05, 0) is 55.4 Å². The summed E-state index contributed by atoms with van der Waals surface area (Å²) in [7, 11) is 0. The number of fused-ring (bicyclic) bond motifs is 2. The molecule has 2 saturated carbocycles. The number of nitrogens with one attached hydrogen (secondary N) is 3. The van der Waals surface area contributed by atoms with Crippen LogP contribution in [0.4, 0.5) is 0 Å². The molecule has 0 spiro atoms. The highest BCUT2D eigenvalue weighted by atomic mass is 32.2. The zero-order chi connectivity index (χ0) is 24.3. The molecule has 9 unspecified atom stereocenters. The van der Waals surface area contributed by atoms with Crippen molar-refractivity contribution in [2.24, 2.45) is 29.1 Å². The molecule has 2 saturated heterocycles. The van der Waals surface area contributed by atoms with Gasteiger partial charge in [0.05, 0.1) is 19.3 Å². The molecule has 34 heavy (non-hydrogen) atoms. The molecule has 2 aliphatic heterocycles. The van der Waals surface area contributed by atoms with Gasteiger partial charge < -0.3 is 15.2 Å². The third kappa shape index (κ3) is 5.78. The molecule has 196 valence electrons. The van der Waals surface area contributed by atoms with E-state index in [4.69, 9.17) is 4.74 Å². The van der Waals surface area contributed by atoms with Gasteiger partial charge in [-0.3, -0.25) is 20.3 Å². The van der Waals surface area contributed by atoms with Crippen LogP contribution in [0.5, 0.6) is 0 Å². The second kappa shape index (κ2) is 11.8. The highest BCUT2D eigenvalue weighted by Gasteiger charge is 2.58. The van der Waals surface area contributed by atoms with Crippen molar-refractivity contribution in [3.05, 3.63) is 0 Å². The first kappa shape index (κ1) is 26.7. The molecule has 0 aromatic rings. The summed E-state index contributed by atoms with van der Waals surface area (Å²) in [6, 6.07) is 0.424. The van der Waals surface area contributed by atoms with Crippen LogP contribution in [0.3, 0.4) is 0 Å². The Morgan fingerprint density at radius 2 is 2.09 bits per heavy atom. The van der Waals surface area contributed by atoms with Crippen LogP contribution in [0.1, 0.15) is 59.8 Å². The summed E-state index contributed by atoms with van der Waals surface area (Å²) < 4.78 is 5.40. The summed E-state index contributed by atoms with van der Waals surface area (Å²) >= 11 is 2.06. The minimum atomic E-state index is -0.423. The standard InChI is InChI=1S/C26H48N4O3S/c1-5-6-9-28-25-29-22-18(3)21-23(31)19(7-8-26(21,4)16-20(22)34-25)17(2)24(32)27-10-11-30-12-14-33-15-13-30/h17-23,25,28-29,31H,5-16H2,1-4H3,(H,27,32). The fourth-order valence-electron chi connectivity index (χ4n) is 7.21. The summed E-state index contributed by atoms with van der Waals surface area (Å²) in [5, 5.41) is 22.9. The van der Waals surface area contributed by atoms with E-state index in [0.717, 1.165) is 58.7 Å². The zero-order valence-electron chi connectivity index (χ0n) is 21.7. The summed E-state index contributed by atoms with van der Waals surface area (Å²) in [6.07, 6.45) is 5.19. The number of aliphatic hydroxyl groups excluding tert-OH is 1. The van der Waals surface area contributed by atoms with E-state index in [1.807, 2.05) is 6.92 Å². The average Bonchev–Trinajstić information content (AvgIpc) is 3.22. The molecule has 4 aliphatic rings. The summed E-state index contributed by atoms with van der Waals surface area (Å²) in [4.78, 5) is 15.4. The van der Waals surface area contributed by atoms with Gasteiger partial charge in [-0.2, -0.15) is 0 Å². The lowest BCUT2D eigenvalue weighted by Crippen LogP contribution is -2.60. The van der Waals surface area contributed by atoms with Crippen LogP contribution >= 0.6 is 11.8 Å². The SMILES string of the molecule is CCCCNC1NC2C(CC3(C)CCC(C(C)C(=O)NCCN4CCOCC4)C(O)C3C2C)S1. The van der Waals surface area contributed by atoms with Crippen LogP contribution in [0, 0.1) is 29.1 Å². The Morgan fingerprint density at radius 3 is 2.82 bits per heavy atom. The Bertz CT molecular complexity index is 678. The van der Waals surface area contributed by atoms with E-state index in [9.17, 15) is 9.90 Å². The van der Waals surface area contributed by atoms with Crippen LogP contribution < -0.4 is 16.0 Å². The number of ether oxygens (including phenoxy) is 1. The van der Waals surface area contributed by atoms with Crippen molar-refractivity contribution in [1.82, 2.24) is 20.9 Å². The van der Waals surface area contributed by atoms with E-state index >= 15 is 0 Å². The smallest absolute Gasteiger partial charge is 0.223 e. The lowest BCUT2D eigenvalue weighted by atomic mass is 9.51. The summed E-state index contributed by atoms with van der Waals surface area (Å²) in [5.74, 6) is 0.593. The number of aliphatic hydroxyl groups is 1. The van der Waals surface area contributed by atoms with Crippen LogP contribution in [0.25, 0.3) is 0 Å². The average molecular weight is 497 g/mol. The van der Waals surface area contributed by atoms with Gasteiger partial charge in [0.25, 0.3) is 0 Å². The Kier molecular flexibility index (Phi) is 9.24. The maximum Gasteiger partial charge on any atom is 0.223 e. The molecule has 4 fully saturated rings. The molecule has 0 aromatic heterocycles. The van der Waals surface area contributed by atoms with Gasteiger partial charge in [0.15, 0.2) is 0 Å². The van der Waals surface area contributed by atoms with E-state index in [1.165, 1.54) is 12.8 Å². The van der Waals surface area contributed by atoms with Crippen LogP contribution in [0.15, 0.2) is 0 Å². The zero-order valence-corrected chi connectivity index (χ0v) is 22.5. The quantitative estimate of drug-likeness (QED) is 0.364. The van der Waals surface area contributed by atoms with Gasteiger partial charge in [0, 0.05) is 43.4 Å². The number of morpholine rings is 1. The number of amides is 1. The number of hydrogen-bond acceptors (Lipinski definition) is 7. The molecule has 9 atom stereocenters. The molecule has 7 nitrogen and oxygen atoms in total. The van der Waals surface area contributed by atoms with Crippen LogP contribution in [-0.4, -0.2) is 84.7 Å². The first-order chi connectivity index (χ1) is 16.3. The van der Waals surface area contributed by atoms with Crippen molar-refractivity contribution in [2.45, 2.75) is 82.7 Å². The highest BCUT2D eigenvalue weighted by Crippen LogP contribution is 2.58. The fourth-order valence-corrected chi connectivity index (χ4v) is 8.98. The third-order valence-corrected chi connectivity index (χ3v) is 10.6. The van der Waals surface area contributed by atoms with Gasteiger partial charge in [-0.1, -0.05) is 34.1 Å².